The predicted molar refractivity (Wildman–Crippen MR) is 92.4 cm³/mol. The number of aliphatic hydroxyl groups is 2. The lowest BCUT2D eigenvalue weighted by Gasteiger charge is -2.37. The molecule has 1 aromatic heterocycles. The molecule has 0 radical (unpaired) electrons. The Morgan fingerprint density at radius 2 is 2.04 bits per heavy atom. The zero-order valence-corrected chi connectivity index (χ0v) is 15.1. The molecule has 2 aliphatic heterocycles. The van der Waals surface area contributed by atoms with Crippen molar-refractivity contribution in [1.29, 1.82) is 0 Å². The highest BCUT2D eigenvalue weighted by molar-refractivity contribution is 7.09. The Kier molecular flexibility index (Phi) is 5.38. The summed E-state index contributed by atoms with van der Waals surface area (Å²) in [5.41, 5.74) is 0.0914. The third kappa shape index (κ3) is 4.31. The van der Waals surface area contributed by atoms with Gasteiger partial charge in [-0.15, -0.1) is 11.3 Å². The summed E-state index contributed by atoms with van der Waals surface area (Å²) in [5.74, 6) is 0.669. The lowest BCUT2D eigenvalue weighted by atomic mass is 9.88. The molecular formula is C17H29N3O2S. The number of thiazole rings is 1. The van der Waals surface area contributed by atoms with Crippen molar-refractivity contribution in [1.82, 2.24) is 14.8 Å². The van der Waals surface area contributed by atoms with Crippen LogP contribution in [-0.2, 0) is 12.1 Å². The molecular weight excluding hydrogens is 310 g/mol. The summed E-state index contributed by atoms with van der Waals surface area (Å²) >= 11 is 1.63. The summed E-state index contributed by atoms with van der Waals surface area (Å²) in [6.07, 6.45) is 2.20. The summed E-state index contributed by atoms with van der Waals surface area (Å²) in [6.45, 7) is 9.94. The van der Waals surface area contributed by atoms with Crippen LogP contribution in [0.1, 0.15) is 43.8 Å². The molecule has 130 valence electrons. The van der Waals surface area contributed by atoms with E-state index in [0.29, 0.717) is 5.92 Å². The molecule has 2 N–H and O–H groups in total. The van der Waals surface area contributed by atoms with Crippen molar-refractivity contribution < 1.29 is 10.2 Å². The molecule has 0 spiro atoms. The molecule has 2 aliphatic rings. The van der Waals surface area contributed by atoms with Crippen molar-refractivity contribution in [3.8, 4) is 0 Å². The minimum absolute atomic E-state index is 0.191. The second kappa shape index (κ2) is 7.15. The van der Waals surface area contributed by atoms with E-state index in [1.165, 1.54) is 0 Å². The maximum Gasteiger partial charge on any atom is 0.110 e. The number of piperidine rings is 1. The third-order valence-corrected chi connectivity index (χ3v) is 5.78. The van der Waals surface area contributed by atoms with Crippen molar-refractivity contribution in [2.75, 3.05) is 32.7 Å². The van der Waals surface area contributed by atoms with E-state index in [4.69, 9.17) is 4.98 Å². The summed E-state index contributed by atoms with van der Waals surface area (Å²) in [5, 5.41) is 23.7. The first-order valence-corrected chi connectivity index (χ1v) is 9.62. The number of hydrogen-bond donors (Lipinski definition) is 2. The van der Waals surface area contributed by atoms with E-state index in [-0.39, 0.29) is 6.10 Å². The van der Waals surface area contributed by atoms with E-state index in [1.807, 2.05) is 5.38 Å². The fourth-order valence-corrected chi connectivity index (χ4v) is 4.55. The molecule has 23 heavy (non-hydrogen) atoms. The third-order valence-electron chi connectivity index (χ3n) is 4.94. The minimum atomic E-state index is -0.757. The Hall–Kier alpha value is -0.530. The van der Waals surface area contributed by atoms with Crippen molar-refractivity contribution in [2.24, 2.45) is 5.92 Å². The number of rotatable bonds is 5. The van der Waals surface area contributed by atoms with E-state index in [0.717, 1.165) is 69.2 Å². The second-order valence-corrected chi connectivity index (χ2v) is 8.47. The van der Waals surface area contributed by atoms with Crippen LogP contribution in [0.15, 0.2) is 5.38 Å². The number of nitrogens with zero attached hydrogens (tertiary/aromatic N) is 3. The highest BCUT2D eigenvalue weighted by Crippen LogP contribution is 2.34. The highest BCUT2D eigenvalue weighted by Gasteiger charge is 2.36. The van der Waals surface area contributed by atoms with Crippen LogP contribution in [0.5, 0.6) is 0 Å². The monoisotopic (exact) mass is 339 g/mol. The van der Waals surface area contributed by atoms with Crippen LogP contribution < -0.4 is 0 Å². The Balaban J connectivity index is 1.57. The highest BCUT2D eigenvalue weighted by atomic mass is 32.1. The van der Waals surface area contributed by atoms with Crippen molar-refractivity contribution in [2.45, 2.75) is 51.4 Å². The summed E-state index contributed by atoms with van der Waals surface area (Å²) in [4.78, 5) is 9.39. The van der Waals surface area contributed by atoms with Gasteiger partial charge >= 0.3 is 0 Å². The van der Waals surface area contributed by atoms with Gasteiger partial charge in [-0.2, -0.15) is 0 Å². The topological polar surface area (TPSA) is 59.8 Å². The van der Waals surface area contributed by atoms with Gasteiger partial charge in [0.05, 0.1) is 18.3 Å². The zero-order valence-electron chi connectivity index (χ0n) is 14.2. The van der Waals surface area contributed by atoms with E-state index < -0.39 is 5.60 Å². The number of likely N-dealkylation sites (tertiary alicyclic amines) is 2. The lowest BCUT2D eigenvalue weighted by Crippen LogP contribution is -2.44. The number of aliphatic hydroxyl groups excluding tert-OH is 1. The number of hydrogen-bond acceptors (Lipinski definition) is 6. The largest absolute Gasteiger partial charge is 0.392 e. The molecule has 0 bridgehead atoms. The maximum atomic E-state index is 11.0. The predicted octanol–water partition coefficient (Wildman–Crippen LogP) is 1.65. The van der Waals surface area contributed by atoms with Gasteiger partial charge in [-0.25, -0.2) is 4.98 Å². The Morgan fingerprint density at radius 3 is 2.65 bits per heavy atom. The molecule has 2 fully saturated rings. The molecule has 6 heteroatoms. The molecule has 0 aliphatic carbocycles. The Labute approximate surface area is 142 Å². The van der Waals surface area contributed by atoms with Crippen LogP contribution >= 0.6 is 11.3 Å². The van der Waals surface area contributed by atoms with Crippen LogP contribution in [0.25, 0.3) is 0 Å². The van der Waals surface area contributed by atoms with Crippen molar-refractivity contribution in [3.05, 3.63) is 16.1 Å². The van der Waals surface area contributed by atoms with Gasteiger partial charge in [0.25, 0.3) is 0 Å². The first-order valence-electron chi connectivity index (χ1n) is 8.74. The van der Waals surface area contributed by atoms with E-state index in [9.17, 15) is 10.2 Å². The molecule has 0 aromatic carbocycles. The van der Waals surface area contributed by atoms with Gasteiger partial charge in [-0.1, -0.05) is 13.8 Å². The van der Waals surface area contributed by atoms with Gasteiger partial charge in [0.2, 0.25) is 0 Å². The minimum Gasteiger partial charge on any atom is -0.392 e. The number of β-amino-alcohol motifs (C(OH)–C–C–N with tert-alkyl or cyclic N) is 1. The SMILES string of the molecule is CC(C)CN1CCC(O)(c2csc(CN3CC[C@@H](O)C3)n2)CC1. The second-order valence-electron chi connectivity index (χ2n) is 7.53. The zero-order chi connectivity index (χ0) is 16.4. The van der Waals surface area contributed by atoms with Gasteiger partial charge < -0.3 is 15.1 Å². The van der Waals surface area contributed by atoms with Gasteiger partial charge in [-0.3, -0.25) is 4.90 Å². The van der Waals surface area contributed by atoms with E-state index in [2.05, 4.69) is 23.6 Å². The number of aromatic nitrogens is 1. The lowest BCUT2D eigenvalue weighted by molar-refractivity contribution is -0.0309. The first kappa shape index (κ1) is 17.3. The standard InChI is InChI=1S/C17H29N3O2S/c1-13(2)9-19-7-4-17(22,5-8-19)15-12-23-16(18-15)11-20-6-3-14(21)10-20/h12-14,21-22H,3-11H2,1-2H3/t14-/m1/s1. The average Bonchev–Trinajstić information content (AvgIpc) is 3.11. The molecule has 0 amide bonds. The summed E-state index contributed by atoms with van der Waals surface area (Å²) in [6, 6.07) is 0. The molecule has 1 atom stereocenters. The summed E-state index contributed by atoms with van der Waals surface area (Å²) < 4.78 is 0. The Bertz CT molecular complexity index is 512. The fourth-order valence-electron chi connectivity index (χ4n) is 3.62. The summed E-state index contributed by atoms with van der Waals surface area (Å²) in [7, 11) is 0. The van der Waals surface area contributed by atoms with Gasteiger partial charge in [0.15, 0.2) is 0 Å². The molecule has 3 rings (SSSR count). The molecule has 3 heterocycles. The van der Waals surface area contributed by atoms with Gasteiger partial charge in [0.1, 0.15) is 10.6 Å². The van der Waals surface area contributed by atoms with Crippen LogP contribution in [0.2, 0.25) is 0 Å². The normalized spacial score (nSPS) is 26.2. The maximum absolute atomic E-state index is 11.0. The van der Waals surface area contributed by atoms with Gasteiger partial charge in [0, 0.05) is 38.1 Å². The fraction of sp³-hybridized carbons (Fsp3) is 0.824. The molecule has 5 nitrogen and oxygen atoms in total. The van der Waals surface area contributed by atoms with Crippen LogP contribution in [0.3, 0.4) is 0 Å². The van der Waals surface area contributed by atoms with Crippen LogP contribution in [-0.4, -0.2) is 63.8 Å². The van der Waals surface area contributed by atoms with Crippen molar-refractivity contribution in [3.63, 3.8) is 0 Å². The van der Waals surface area contributed by atoms with E-state index in [1.54, 1.807) is 11.3 Å². The van der Waals surface area contributed by atoms with Crippen LogP contribution in [0.4, 0.5) is 0 Å². The van der Waals surface area contributed by atoms with Crippen LogP contribution in [0, 0.1) is 5.92 Å². The quantitative estimate of drug-likeness (QED) is 0.854. The molecule has 1 aromatic rings. The van der Waals surface area contributed by atoms with Crippen molar-refractivity contribution >= 4 is 11.3 Å². The average molecular weight is 340 g/mol. The molecule has 2 saturated heterocycles. The van der Waals surface area contributed by atoms with Gasteiger partial charge in [-0.05, 0) is 25.2 Å². The first-order chi connectivity index (χ1) is 10.9. The molecule has 0 saturated carbocycles. The van der Waals surface area contributed by atoms with E-state index >= 15 is 0 Å². The smallest absolute Gasteiger partial charge is 0.110 e. The molecule has 0 unspecified atom stereocenters. The Morgan fingerprint density at radius 1 is 1.30 bits per heavy atom.